The van der Waals surface area contributed by atoms with Gasteiger partial charge in [-0.15, -0.1) is 12.4 Å². The number of halogens is 2. The van der Waals surface area contributed by atoms with Crippen LogP contribution in [0.25, 0.3) is 16.8 Å². The van der Waals surface area contributed by atoms with Gasteiger partial charge in [-0.3, -0.25) is 9.55 Å². The first-order valence-corrected chi connectivity index (χ1v) is 10.0. The second-order valence-corrected chi connectivity index (χ2v) is 8.51. The van der Waals surface area contributed by atoms with Crippen molar-refractivity contribution >= 4 is 20.0 Å². The number of aromatic nitrogens is 2. The van der Waals surface area contributed by atoms with Gasteiger partial charge in [-0.05, 0) is 55.2 Å². The van der Waals surface area contributed by atoms with Crippen molar-refractivity contribution < 1.29 is 31.3 Å². The first-order chi connectivity index (χ1) is 12.3. The Morgan fingerprint density at radius 1 is 0.964 bits per heavy atom. The minimum atomic E-state index is -4.29. The number of pyridine rings is 2. The molecule has 0 aliphatic heterocycles. The van der Waals surface area contributed by atoms with Gasteiger partial charge in [-0.25, -0.2) is 0 Å². The predicted octanol–water partition coefficient (Wildman–Crippen LogP) is 1.31. The van der Waals surface area contributed by atoms with E-state index < -0.39 is 13.3 Å². The van der Waals surface area contributed by atoms with Crippen LogP contribution in [0.4, 0.5) is 0 Å². The Balaban J connectivity index is 0.00000196. The monoisotopic (exact) mass is 440 g/mol. The van der Waals surface area contributed by atoms with Crippen molar-refractivity contribution in [1.29, 1.82) is 0 Å². The molecular weight excluding hydrogens is 418 g/mol. The lowest BCUT2D eigenvalue weighted by Gasteiger charge is -2.14. The summed E-state index contributed by atoms with van der Waals surface area (Å²) in [6.45, 7) is 5.58. The molecule has 3 aromatic rings. The van der Waals surface area contributed by atoms with Crippen molar-refractivity contribution in [2.45, 2.75) is 26.4 Å². The highest BCUT2D eigenvalue weighted by Gasteiger charge is 2.34. The van der Waals surface area contributed by atoms with Gasteiger partial charge < -0.3 is 22.2 Å². The zero-order chi connectivity index (χ0) is 18.9. The highest BCUT2D eigenvalue weighted by Crippen LogP contribution is 2.50. The molecule has 1 aromatic carbocycles. The summed E-state index contributed by atoms with van der Waals surface area (Å²) >= 11 is 0. The summed E-state index contributed by atoms with van der Waals surface area (Å²) in [4.78, 5) is 23.6. The fraction of sp³-hybridized carbons (Fsp3) is 0.200. The van der Waals surface area contributed by atoms with Gasteiger partial charge in [-0.1, -0.05) is 6.07 Å². The van der Waals surface area contributed by atoms with E-state index in [0.29, 0.717) is 5.69 Å². The summed E-state index contributed by atoms with van der Waals surface area (Å²) in [6.07, 6.45) is 5.27. The van der Waals surface area contributed by atoms with Crippen molar-refractivity contribution in [3.8, 4) is 16.8 Å². The maximum atomic E-state index is 12.0. The van der Waals surface area contributed by atoms with Crippen LogP contribution in [-0.4, -0.2) is 14.8 Å². The Hall–Kier alpha value is -1.75. The van der Waals surface area contributed by atoms with Gasteiger partial charge in [0.25, 0.3) is 0 Å². The topological polar surface area (TPSA) is 74.3 Å². The second-order valence-electron chi connectivity index (χ2n) is 6.56. The molecule has 2 heterocycles. The Morgan fingerprint density at radius 3 is 2.07 bits per heavy atom. The number of rotatable bonds is 4. The molecule has 5 nitrogen and oxygen atoms in total. The molecule has 0 bridgehead atoms. The first kappa shape index (κ1) is 24.3. The molecule has 2 N–H and O–H groups in total. The van der Waals surface area contributed by atoms with Crippen LogP contribution in [0, 0.1) is 13.8 Å². The lowest BCUT2D eigenvalue weighted by molar-refractivity contribution is -0.604. The summed E-state index contributed by atoms with van der Waals surface area (Å²) in [7, 11) is -4.29. The van der Waals surface area contributed by atoms with Gasteiger partial charge in [0.1, 0.15) is 5.66 Å². The summed E-state index contributed by atoms with van der Waals surface area (Å²) in [5.74, 6) is 0. The van der Waals surface area contributed by atoms with Crippen molar-refractivity contribution in [3.05, 3.63) is 77.9 Å². The average molecular weight is 441 g/mol. The Bertz CT molecular complexity index is 974. The Morgan fingerprint density at radius 2 is 1.54 bits per heavy atom. The summed E-state index contributed by atoms with van der Waals surface area (Å²) in [5, 5.41) is 0. The van der Waals surface area contributed by atoms with Crippen molar-refractivity contribution in [2.75, 3.05) is 0 Å². The molecule has 28 heavy (non-hydrogen) atoms. The zero-order valence-electron chi connectivity index (χ0n) is 15.8. The standard InChI is InChI=1S/C20H21N2O3P.2ClH/c1-14-10-15(2)12-19(11-14)22-9-6-18(17-4-7-21-8-5-17)13-20(22)16(3)26(23,24)25;;/h4-13,16H,1-3H3,(H-,23,24,25);2*1H. The summed E-state index contributed by atoms with van der Waals surface area (Å²) < 4.78 is 13.8. The van der Waals surface area contributed by atoms with Gasteiger partial charge in [0.05, 0.1) is 0 Å². The lowest BCUT2D eigenvalue weighted by atomic mass is 10.1. The van der Waals surface area contributed by atoms with Crippen molar-refractivity contribution in [1.82, 2.24) is 4.98 Å². The van der Waals surface area contributed by atoms with Gasteiger partial charge in [0.15, 0.2) is 6.20 Å². The molecule has 3 rings (SSSR count). The van der Waals surface area contributed by atoms with Crippen LogP contribution in [0.2, 0.25) is 0 Å². The number of hydrogen-bond acceptors (Lipinski definition) is 2. The quantitative estimate of drug-likeness (QED) is 0.473. The average Bonchev–Trinajstić information content (AvgIpc) is 2.59. The highest BCUT2D eigenvalue weighted by atomic mass is 35.5. The van der Waals surface area contributed by atoms with Crippen LogP contribution >= 0.6 is 20.0 Å². The van der Waals surface area contributed by atoms with E-state index in [2.05, 4.69) is 11.1 Å². The number of aryl methyl sites for hydroxylation is 2. The molecule has 0 saturated heterocycles. The highest BCUT2D eigenvalue weighted by molar-refractivity contribution is 7.52. The van der Waals surface area contributed by atoms with Gasteiger partial charge in [0.2, 0.25) is 11.4 Å². The molecule has 1 unspecified atom stereocenters. The lowest BCUT2D eigenvalue weighted by Crippen LogP contribution is -3.00. The number of nitrogens with zero attached hydrogens (tertiary/aromatic N) is 2. The minimum Gasteiger partial charge on any atom is -1.00 e. The van der Waals surface area contributed by atoms with E-state index in [1.54, 1.807) is 19.3 Å². The van der Waals surface area contributed by atoms with E-state index in [1.807, 2.05) is 61.0 Å². The minimum absolute atomic E-state index is 0. The molecule has 0 amide bonds. The largest absolute Gasteiger partial charge is 1.00 e. The van der Waals surface area contributed by atoms with Gasteiger partial charge in [0, 0.05) is 36.7 Å². The molecule has 8 heteroatoms. The molecular formula is C20H23Cl2N2O3P. The second kappa shape index (κ2) is 9.64. The zero-order valence-corrected chi connectivity index (χ0v) is 18.2. The third-order valence-corrected chi connectivity index (χ3v) is 5.69. The van der Waals surface area contributed by atoms with E-state index in [1.165, 1.54) is 0 Å². The third kappa shape index (κ3) is 5.40. The van der Waals surface area contributed by atoms with Crippen molar-refractivity contribution in [2.24, 2.45) is 0 Å². The molecule has 0 aliphatic rings. The van der Waals surface area contributed by atoms with Crippen LogP contribution < -0.4 is 17.0 Å². The van der Waals surface area contributed by atoms with E-state index in [0.717, 1.165) is 27.9 Å². The predicted molar refractivity (Wildman–Crippen MR) is 108 cm³/mol. The maximum Gasteiger partial charge on any atom is 0.338 e. The molecule has 0 aliphatic carbocycles. The summed E-state index contributed by atoms with van der Waals surface area (Å²) in [5.41, 5.74) is 4.57. The third-order valence-electron chi connectivity index (χ3n) is 4.42. The van der Waals surface area contributed by atoms with Crippen LogP contribution in [-0.2, 0) is 4.57 Å². The fourth-order valence-electron chi connectivity index (χ4n) is 3.06. The van der Waals surface area contributed by atoms with Crippen LogP contribution in [0.5, 0.6) is 0 Å². The van der Waals surface area contributed by atoms with E-state index in [9.17, 15) is 14.4 Å². The van der Waals surface area contributed by atoms with E-state index in [-0.39, 0.29) is 24.8 Å². The first-order valence-electron chi connectivity index (χ1n) is 8.35. The molecule has 1 atom stereocenters. The molecule has 0 saturated carbocycles. The summed E-state index contributed by atoms with van der Waals surface area (Å²) in [6, 6.07) is 13.6. The molecule has 0 spiro atoms. The molecule has 0 fully saturated rings. The molecule has 0 radical (unpaired) electrons. The normalized spacial score (nSPS) is 11.9. The van der Waals surface area contributed by atoms with Crippen LogP contribution in [0.15, 0.2) is 61.1 Å². The van der Waals surface area contributed by atoms with Crippen LogP contribution in [0.3, 0.4) is 0 Å². The SMILES string of the molecule is Cc1cc(C)cc(-[n+]2ccc(-c3ccncc3)cc2C(C)P(=O)(O)O)c1.Cl.[Cl-]. The van der Waals surface area contributed by atoms with Crippen molar-refractivity contribution in [3.63, 3.8) is 0 Å². The molecule has 150 valence electrons. The fourth-order valence-corrected chi connectivity index (χ4v) is 3.60. The smallest absolute Gasteiger partial charge is 0.338 e. The van der Waals surface area contributed by atoms with Gasteiger partial charge >= 0.3 is 7.60 Å². The van der Waals surface area contributed by atoms with E-state index in [4.69, 9.17) is 0 Å². The Labute approximate surface area is 177 Å². The number of benzene rings is 1. The Kier molecular flexibility index (Phi) is 8.36. The van der Waals surface area contributed by atoms with Gasteiger partial charge in [-0.2, -0.15) is 4.57 Å². The maximum absolute atomic E-state index is 12.0. The molecule has 2 aromatic heterocycles. The number of hydrogen-bond donors (Lipinski definition) is 2. The van der Waals surface area contributed by atoms with Crippen LogP contribution in [0.1, 0.15) is 29.4 Å². The van der Waals surface area contributed by atoms with E-state index >= 15 is 0 Å².